The van der Waals surface area contributed by atoms with Gasteiger partial charge >= 0.3 is 0 Å². The molecular weight excluding hydrogens is 346 g/mol. The highest BCUT2D eigenvalue weighted by molar-refractivity contribution is 5.94. The molecule has 0 aromatic heterocycles. The van der Waals surface area contributed by atoms with Crippen molar-refractivity contribution in [1.82, 2.24) is 14.7 Å². The Labute approximate surface area is 169 Å². The molecule has 0 N–H and O–H groups in total. The number of likely N-dealkylation sites (N-methyl/N-ethyl adjacent to an activating group) is 2. The first-order valence-corrected chi connectivity index (χ1v) is 10.3. The molecule has 1 heterocycles. The van der Waals surface area contributed by atoms with Crippen molar-refractivity contribution in [1.29, 1.82) is 0 Å². The smallest absolute Gasteiger partial charge is 0.253 e. The van der Waals surface area contributed by atoms with Crippen LogP contribution in [0.25, 0.3) is 11.1 Å². The van der Waals surface area contributed by atoms with Crippen LogP contribution in [0.4, 0.5) is 0 Å². The van der Waals surface area contributed by atoms with E-state index in [2.05, 4.69) is 74.3 Å². The summed E-state index contributed by atoms with van der Waals surface area (Å²) in [6.07, 6.45) is 2.11. The van der Waals surface area contributed by atoms with E-state index in [0.29, 0.717) is 6.04 Å². The molecule has 4 nitrogen and oxygen atoms in total. The number of likely N-dealkylation sites (tertiary alicyclic amines) is 1. The molecule has 2 aromatic carbocycles. The number of piperidine rings is 1. The highest BCUT2D eigenvalue weighted by atomic mass is 16.2. The van der Waals surface area contributed by atoms with Crippen molar-refractivity contribution >= 4 is 5.91 Å². The lowest BCUT2D eigenvalue weighted by molar-refractivity contribution is 0.0641. The van der Waals surface area contributed by atoms with E-state index in [1.54, 1.807) is 0 Å². The molecule has 28 heavy (non-hydrogen) atoms. The number of benzene rings is 2. The van der Waals surface area contributed by atoms with Crippen LogP contribution in [-0.4, -0.2) is 74.0 Å². The summed E-state index contributed by atoms with van der Waals surface area (Å²) in [5, 5.41) is 0. The van der Waals surface area contributed by atoms with Crippen LogP contribution in [0.5, 0.6) is 0 Å². The lowest BCUT2D eigenvalue weighted by Crippen LogP contribution is -2.46. The molecule has 1 amide bonds. The predicted octanol–water partition coefficient (Wildman–Crippen LogP) is 3.76. The van der Waals surface area contributed by atoms with Crippen molar-refractivity contribution in [2.75, 3.05) is 47.3 Å². The summed E-state index contributed by atoms with van der Waals surface area (Å²) in [6, 6.07) is 17.1. The van der Waals surface area contributed by atoms with E-state index >= 15 is 0 Å². The molecule has 2 aromatic rings. The lowest BCUT2D eigenvalue weighted by Gasteiger charge is -2.37. The molecule has 1 fully saturated rings. The minimum atomic E-state index is 0.157. The van der Waals surface area contributed by atoms with Gasteiger partial charge in [0.2, 0.25) is 0 Å². The number of carbonyl (C=O) groups excluding carboxylic acids is 1. The molecule has 0 spiro atoms. The molecule has 1 aliphatic heterocycles. The van der Waals surface area contributed by atoms with E-state index in [1.807, 2.05) is 17.0 Å². The van der Waals surface area contributed by atoms with Crippen LogP contribution in [0.3, 0.4) is 0 Å². The molecule has 1 aliphatic rings. The van der Waals surface area contributed by atoms with Gasteiger partial charge < -0.3 is 14.7 Å². The molecule has 0 saturated carbocycles. The SMILES string of the molecule is Cc1ccc(-c2ccc(C(=O)N3CCC(N(C)CCN(C)C)CC3)cc2)cc1. The summed E-state index contributed by atoms with van der Waals surface area (Å²) in [5.41, 5.74) is 4.38. The fourth-order valence-electron chi connectivity index (χ4n) is 3.78. The zero-order valence-corrected chi connectivity index (χ0v) is 17.7. The second-order valence-corrected chi connectivity index (χ2v) is 8.25. The van der Waals surface area contributed by atoms with E-state index in [4.69, 9.17) is 0 Å². The molecule has 4 heteroatoms. The lowest BCUT2D eigenvalue weighted by atomic mass is 10.0. The van der Waals surface area contributed by atoms with Gasteiger partial charge in [0, 0.05) is 37.8 Å². The molecule has 0 atom stereocenters. The molecule has 150 valence electrons. The van der Waals surface area contributed by atoms with Gasteiger partial charge in [-0.25, -0.2) is 0 Å². The van der Waals surface area contributed by atoms with E-state index in [-0.39, 0.29) is 5.91 Å². The van der Waals surface area contributed by atoms with Crippen LogP contribution >= 0.6 is 0 Å². The van der Waals surface area contributed by atoms with Gasteiger partial charge in [0.1, 0.15) is 0 Å². The number of rotatable bonds is 6. The highest BCUT2D eigenvalue weighted by Gasteiger charge is 2.25. The maximum atomic E-state index is 12.9. The number of amides is 1. The van der Waals surface area contributed by atoms with Crippen molar-refractivity contribution in [3.8, 4) is 11.1 Å². The van der Waals surface area contributed by atoms with Gasteiger partial charge in [0.15, 0.2) is 0 Å². The third-order valence-electron chi connectivity index (χ3n) is 5.79. The van der Waals surface area contributed by atoms with Gasteiger partial charge in [-0.2, -0.15) is 0 Å². The Morgan fingerprint density at radius 1 is 0.893 bits per heavy atom. The normalized spacial score (nSPS) is 15.4. The first kappa shape index (κ1) is 20.6. The topological polar surface area (TPSA) is 26.8 Å². The van der Waals surface area contributed by atoms with Gasteiger partial charge in [-0.3, -0.25) is 4.79 Å². The molecule has 0 aliphatic carbocycles. The van der Waals surface area contributed by atoms with Crippen molar-refractivity contribution in [3.05, 3.63) is 59.7 Å². The second kappa shape index (κ2) is 9.35. The van der Waals surface area contributed by atoms with Crippen LogP contribution in [0.15, 0.2) is 48.5 Å². The van der Waals surface area contributed by atoms with Gasteiger partial charge in [-0.05, 0) is 64.2 Å². The molecule has 1 saturated heterocycles. The van der Waals surface area contributed by atoms with Crippen molar-refractivity contribution in [2.24, 2.45) is 0 Å². The van der Waals surface area contributed by atoms with Gasteiger partial charge in [0.05, 0.1) is 0 Å². The number of carbonyl (C=O) groups is 1. The zero-order valence-electron chi connectivity index (χ0n) is 17.7. The Bertz CT molecular complexity index is 759. The summed E-state index contributed by atoms with van der Waals surface area (Å²) < 4.78 is 0. The molecule has 0 bridgehead atoms. The third kappa shape index (κ3) is 5.21. The zero-order chi connectivity index (χ0) is 20.1. The van der Waals surface area contributed by atoms with E-state index in [1.165, 1.54) is 11.1 Å². The summed E-state index contributed by atoms with van der Waals surface area (Å²) in [7, 11) is 6.42. The van der Waals surface area contributed by atoms with Gasteiger partial charge in [-0.1, -0.05) is 42.0 Å². The largest absolute Gasteiger partial charge is 0.339 e. The second-order valence-electron chi connectivity index (χ2n) is 8.25. The highest BCUT2D eigenvalue weighted by Crippen LogP contribution is 2.22. The number of aryl methyl sites for hydroxylation is 1. The molecular formula is C24H33N3O. The predicted molar refractivity (Wildman–Crippen MR) is 117 cm³/mol. The molecule has 3 rings (SSSR count). The summed E-state index contributed by atoms with van der Waals surface area (Å²) in [6.45, 7) is 5.93. The monoisotopic (exact) mass is 379 g/mol. The van der Waals surface area contributed by atoms with Crippen LogP contribution in [0.2, 0.25) is 0 Å². The van der Waals surface area contributed by atoms with Gasteiger partial charge in [-0.15, -0.1) is 0 Å². The van der Waals surface area contributed by atoms with Crippen LogP contribution < -0.4 is 0 Å². The number of nitrogens with zero attached hydrogens (tertiary/aromatic N) is 3. The number of hydrogen-bond donors (Lipinski definition) is 0. The number of hydrogen-bond acceptors (Lipinski definition) is 3. The maximum absolute atomic E-state index is 12.9. The first-order chi connectivity index (χ1) is 13.4. The molecule has 0 unspecified atom stereocenters. The summed E-state index contributed by atoms with van der Waals surface area (Å²) in [5.74, 6) is 0.157. The van der Waals surface area contributed by atoms with Crippen molar-refractivity contribution in [2.45, 2.75) is 25.8 Å². The fourth-order valence-corrected chi connectivity index (χ4v) is 3.78. The Kier molecular flexibility index (Phi) is 6.87. The molecule has 0 radical (unpaired) electrons. The minimum absolute atomic E-state index is 0.157. The van der Waals surface area contributed by atoms with Crippen LogP contribution in [-0.2, 0) is 0 Å². The van der Waals surface area contributed by atoms with Gasteiger partial charge in [0.25, 0.3) is 5.91 Å². The maximum Gasteiger partial charge on any atom is 0.253 e. The average Bonchev–Trinajstić information content (AvgIpc) is 2.72. The van der Waals surface area contributed by atoms with E-state index in [9.17, 15) is 4.79 Å². The average molecular weight is 380 g/mol. The van der Waals surface area contributed by atoms with E-state index in [0.717, 1.165) is 50.1 Å². The minimum Gasteiger partial charge on any atom is -0.339 e. The third-order valence-corrected chi connectivity index (χ3v) is 5.79. The Morgan fingerprint density at radius 2 is 1.43 bits per heavy atom. The Balaban J connectivity index is 1.55. The van der Waals surface area contributed by atoms with Crippen LogP contribution in [0, 0.1) is 6.92 Å². The van der Waals surface area contributed by atoms with E-state index < -0.39 is 0 Å². The quantitative estimate of drug-likeness (QED) is 0.765. The first-order valence-electron chi connectivity index (χ1n) is 10.3. The van der Waals surface area contributed by atoms with Crippen molar-refractivity contribution < 1.29 is 4.79 Å². The summed E-state index contributed by atoms with van der Waals surface area (Å²) in [4.78, 5) is 19.6. The van der Waals surface area contributed by atoms with Crippen LogP contribution in [0.1, 0.15) is 28.8 Å². The Morgan fingerprint density at radius 3 is 1.96 bits per heavy atom. The fraction of sp³-hybridized carbons (Fsp3) is 0.458. The summed E-state index contributed by atoms with van der Waals surface area (Å²) >= 11 is 0. The standard InChI is InChI=1S/C24H33N3O/c1-19-5-7-20(8-6-19)21-9-11-22(12-10-21)24(28)27-15-13-23(14-16-27)26(4)18-17-25(2)3/h5-12,23H,13-18H2,1-4H3. The Hall–Kier alpha value is -2.17. The van der Waals surface area contributed by atoms with Crippen molar-refractivity contribution in [3.63, 3.8) is 0 Å².